The van der Waals surface area contributed by atoms with Crippen LogP contribution in [0.5, 0.6) is 11.6 Å². The second-order valence-corrected chi connectivity index (χ2v) is 17.7. The Bertz CT molecular complexity index is 2030. The van der Waals surface area contributed by atoms with Gasteiger partial charge in [-0.15, -0.1) is 6.58 Å². The highest BCUT2D eigenvalue weighted by atomic mass is 32.2. The topological polar surface area (TPSA) is 186 Å². The summed E-state index contributed by atoms with van der Waals surface area (Å²) in [5.41, 5.74) is -0.240. The molecule has 1 aromatic carbocycles. The number of sulfonamides is 1. The standard InChI is InChI=1S/C39H48N6O9S/c1-3-26-19-39(26,37(48)43-55(50,51)30-13-14-30)42-34(46)32-18-28-22-45(32)36(47)33(23-8-5-4-6-9-23)41-38(49)44-20-29(21-44)53-15-7-10-25-16-24-11-12-27(52-2)17-31(24)40-35(25)54-28/h3,7,10-12,16-17,23,26,28-30,32-33H,1,4-6,8-9,13-15,18-22H2,2H3,(H,41,49)(H,42,46)(H,43,48)/t26-,28-,32+,33+,39-/m1/s1. The van der Waals surface area contributed by atoms with Gasteiger partial charge in [0.05, 0.1) is 50.2 Å². The van der Waals surface area contributed by atoms with Gasteiger partial charge in [-0.25, -0.2) is 18.2 Å². The molecule has 5 amide bonds. The van der Waals surface area contributed by atoms with Crippen LogP contribution in [0, 0.1) is 11.8 Å². The number of rotatable bonds is 8. The molecule has 7 aliphatic rings. The summed E-state index contributed by atoms with van der Waals surface area (Å²) < 4.78 is 45.8. The van der Waals surface area contributed by atoms with E-state index in [9.17, 15) is 27.6 Å². The largest absolute Gasteiger partial charge is 0.497 e. The SMILES string of the molecule is C=C[C@@H]1C[C@]1(NC(=O)[C@@H]1C[C@@H]2CN1C(=O)[C@H](C1CCCCC1)NC(=O)N1CC(C1)OCC=Cc1cc3ccc(OC)cc3nc1O2)C(=O)NS(=O)(=O)C1CC1. The summed E-state index contributed by atoms with van der Waals surface area (Å²) in [6.07, 6.45) is 9.88. The first kappa shape index (κ1) is 37.2. The number of nitrogens with zero attached hydrogens (tertiary/aromatic N) is 3. The summed E-state index contributed by atoms with van der Waals surface area (Å²) in [5.74, 6) is -1.59. The third-order valence-corrected chi connectivity index (χ3v) is 13.7. The molecule has 9 rings (SSSR count). The minimum atomic E-state index is -3.89. The molecule has 5 fully saturated rings. The Morgan fingerprint density at radius 3 is 2.56 bits per heavy atom. The van der Waals surface area contributed by atoms with Crippen LogP contribution in [0.2, 0.25) is 0 Å². The van der Waals surface area contributed by atoms with Crippen LogP contribution in [0.3, 0.4) is 0 Å². The summed E-state index contributed by atoms with van der Waals surface area (Å²) in [6, 6.07) is 5.12. The van der Waals surface area contributed by atoms with Crippen molar-refractivity contribution in [2.75, 3.05) is 33.4 Å². The second-order valence-electron chi connectivity index (χ2n) is 15.7. The van der Waals surface area contributed by atoms with Crippen molar-refractivity contribution in [3.05, 3.63) is 48.6 Å². The third-order valence-electron chi connectivity index (χ3n) is 11.9. The maximum Gasteiger partial charge on any atom is 0.318 e. The first-order valence-corrected chi connectivity index (χ1v) is 20.8. The zero-order chi connectivity index (χ0) is 38.5. The van der Waals surface area contributed by atoms with Crippen LogP contribution in [0.4, 0.5) is 4.79 Å². The van der Waals surface area contributed by atoms with Gasteiger partial charge in [-0.2, -0.15) is 0 Å². The Morgan fingerprint density at radius 2 is 1.85 bits per heavy atom. The summed E-state index contributed by atoms with van der Waals surface area (Å²) in [6.45, 7) is 4.86. The highest BCUT2D eigenvalue weighted by molar-refractivity contribution is 7.91. The predicted octanol–water partition coefficient (Wildman–Crippen LogP) is 2.65. The molecule has 4 bridgehead atoms. The number of aromatic nitrogens is 1. The van der Waals surface area contributed by atoms with Crippen LogP contribution in [0.1, 0.15) is 63.4 Å². The molecule has 0 unspecified atom stereocenters. The van der Waals surface area contributed by atoms with Gasteiger partial charge in [-0.3, -0.25) is 19.1 Å². The average Bonchev–Trinajstić information content (AvgIpc) is 4.09. The van der Waals surface area contributed by atoms with Crippen molar-refractivity contribution in [1.82, 2.24) is 30.1 Å². The lowest BCUT2D eigenvalue weighted by molar-refractivity contribution is -0.142. The molecule has 15 nitrogen and oxygen atoms in total. The summed E-state index contributed by atoms with van der Waals surface area (Å²) in [7, 11) is -2.32. The lowest BCUT2D eigenvalue weighted by Crippen LogP contribution is -2.63. The summed E-state index contributed by atoms with van der Waals surface area (Å²) in [4.78, 5) is 64.4. The molecular formula is C39H48N6O9S. The molecule has 294 valence electrons. The molecule has 3 N–H and O–H groups in total. The summed E-state index contributed by atoms with van der Waals surface area (Å²) in [5, 5.41) is 6.10. The molecule has 3 aliphatic carbocycles. The van der Waals surface area contributed by atoms with Gasteiger partial charge in [0, 0.05) is 29.4 Å². The number of hydrogen-bond acceptors (Lipinski definition) is 10. The molecule has 3 saturated carbocycles. The van der Waals surface area contributed by atoms with Gasteiger partial charge in [0.2, 0.25) is 27.7 Å². The van der Waals surface area contributed by atoms with Crippen LogP contribution in [-0.4, -0.2) is 115 Å². The van der Waals surface area contributed by atoms with Gasteiger partial charge in [0.1, 0.15) is 29.5 Å². The third kappa shape index (κ3) is 7.50. The fourth-order valence-electron chi connectivity index (χ4n) is 8.37. The first-order chi connectivity index (χ1) is 26.5. The normalized spacial score (nSPS) is 29.9. The van der Waals surface area contributed by atoms with Crippen LogP contribution < -0.4 is 24.8 Å². The van der Waals surface area contributed by atoms with Gasteiger partial charge in [-0.05, 0) is 56.2 Å². The van der Waals surface area contributed by atoms with Crippen molar-refractivity contribution in [2.45, 2.75) is 92.9 Å². The van der Waals surface area contributed by atoms with E-state index in [-0.39, 0.29) is 37.4 Å². The fourth-order valence-corrected chi connectivity index (χ4v) is 9.73. The van der Waals surface area contributed by atoms with Crippen molar-refractivity contribution in [2.24, 2.45) is 11.8 Å². The van der Waals surface area contributed by atoms with E-state index >= 15 is 0 Å². The number of nitrogens with one attached hydrogen (secondary N) is 3. The van der Waals surface area contributed by atoms with Gasteiger partial charge < -0.3 is 34.6 Å². The predicted molar refractivity (Wildman–Crippen MR) is 201 cm³/mol. The monoisotopic (exact) mass is 776 g/mol. The Labute approximate surface area is 320 Å². The number of carbonyl (C=O) groups is 4. The minimum absolute atomic E-state index is 0.00599. The zero-order valence-corrected chi connectivity index (χ0v) is 31.7. The highest BCUT2D eigenvalue weighted by Gasteiger charge is 2.62. The molecule has 0 radical (unpaired) electrons. The molecule has 5 atom stereocenters. The Balaban J connectivity index is 1.14. The van der Waals surface area contributed by atoms with Crippen LogP contribution in [0.15, 0.2) is 43.0 Å². The number of hydrogen-bond donors (Lipinski definition) is 3. The molecule has 1 aromatic heterocycles. The van der Waals surface area contributed by atoms with Gasteiger partial charge in [0.25, 0.3) is 5.91 Å². The van der Waals surface area contributed by atoms with Gasteiger partial charge in [-0.1, -0.05) is 37.5 Å². The Morgan fingerprint density at radius 1 is 1.07 bits per heavy atom. The number of methoxy groups -OCH3 is 1. The van der Waals surface area contributed by atoms with E-state index < -0.39 is 62.6 Å². The molecule has 2 aromatic rings. The van der Waals surface area contributed by atoms with Crippen LogP contribution in [0.25, 0.3) is 17.0 Å². The number of ether oxygens (including phenoxy) is 3. The highest BCUT2D eigenvalue weighted by Crippen LogP contribution is 2.45. The van der Waals surface area contributed by atoms with Crippen molar-refractivity contribution >= 4 is 50.8 Å². The average molecular weight is 777 g/mol. The number of urea groups is 1. The van der Waals surface area contributed by atoms with E-state index in [2.05, 4.69) is 21.9 Å². The molecule has 16 heteroatoms. The quantitative estimate of drug-likeness (QED) is 0.337. The van der Waals surface area contributed by atoms with Crippen LogP contribution >= 0.6 is 0 Å². The number of pyridine rings is 1. The molecule has 55 heavy (non-hydrogen) atoms. The van der Waals surface area contributed by atoms with Crippen molar-refractivity contribution in [1.29, 1.82) is 0 Å². The molecule has 4 aliphatic heterocycles. The van der Waals surface area contributed by atoms with E-state index in [1.807, 2.05) is 30.4 Å². The molecular weight excluding hydrogens is 729 g/mol. The smallest absolute Gasteiger partial charge is 0.318 e. The van der Waals surface area contributed by atoms with E-state index in [4.69, 9.17) is 19.2 Å². The van der Waals surface area contributed by atoms with E-state index in [0.717, 1.165) is 37.5 Å². The van der Waals surface area contributed by atoms with Crippen LogP contribution in [-0.2, 0) is 29.1 Å². The number of benzene rings is 1. The number of carbonyl (C=O) groups excluding carboxylic acids is 4. The van der Waals surface area contributed by atoms with E-state index in [1.165, 1.54) is 11.0 Å². The lowest BCUT2D eigenvalue weighted by Gasteiger charge is -2.41. The van der Waals surface area contributed by atoms with Gasteiger partial charge >= 0.3 is 6.03 Å². The van der Waals surface area contributed by atoms with Crippen molar-refractivity contribution in [3.63, 3.8) is 0 Å². The van der Waals surface area contributed by atoms with E-state index in [0.29, 0.717) is 55.2 Å². The maximum atomic E-state index is 14.8. The Kier molecular flexibility index (Phi) is 9.99. The Hall–Kier alpha value is -4.70. The molecule has 5 heterocycles. The zero-order valence-electron chi connectivity index (χ0n) is 30.9. The lowest BCUT2D eigenvalue weighted by atomic mass is 9.83. The van der Waals surface area contributed by atoms with Crippen molar-refractivity contribution < 1.29 is 41.8 Å². The van der Waals surface area contributed by atoms with E-state index in [1.54, 1.807) is 18.1 Å². The number of amides is 5. The fraction of sp³-hybridized carbons (Fsp3) is 0.564. The molecule has 2 saturated heterocycles. The maximum absolute atomic E-state index is 14.8. The minimum Gasteiger partial charge on any atom is -0.497 e. The number of fused-ring (bicyclic) bond motifs is 6. The van der Waals surface area contributed by atoms with Crippen molar-refractivity contribution in [3.8, 4) is 11.6 Å². The second kappa shape index (κ2) is 14.8. The summed E-state index contributed by atoms with van der Waals surface area (Å²) >= 11 is 0. The first-order valence-electron chi connectivity index (χ1n) is 19.3. The van der Waals surface area contributed by atoms with Gasteiger partial charge in [0.15, 0.2) is 0 Å². The molecule has 0 spiro atoms.